The lowest BCUT2D eigenvalue weighted by Gasteiger charge is -2.16. The normalized spacial score (nSPS) is 12.0. The van der Waals surface area contributed by atoms with Crippen LogP contribution in [0.5, 0.6) is 5.75 Å². The molecule has 174 valence electrons. The molecule has 0 N–H and O–H groups in total. The van der Waals surface area contributed by atoms with Crippen molar-refractivity contribution in [1.29, 1.82) is 0 Å². The van der Waals surface area contributed by atoms with Gasteiger partial charge in [-0.25, -0.2) is 9.36 Å². The molecule has 1 aromatic heterocycles. The zero-order valence-corrected chi connectivity index (χ0v) is 18.8. The van der Waals surface area contributed by atoms with Gasteiger partial charge in [0, 0.05) is 39.4 Å². The monoisotopic (exact) mass is 495 g/mol. The molecule has 0 radical (unpaired) electrons. The number of amides is 1. The highest BCUT2D eigenvalue weighted by Gasteiger charge is 2.35. The maximum Gasteiger partial charge on any atom is 0.431 e. The van der Waals surface area contributed by atoms with Crippen molar-refractivity contribution in [3.05, 3.63) is 66.6 Å². The number of methoxy groups -OCH3 is 1. The molecule has 0 atom stereocenters. The molecular formula is C19H18Cl2F3N3O5. The zero-order chi connectivity index (χ0) is 24.4. The van der Waals surface area contributed by atoms with Gasteiger partial charge in [-0.2, -0.15) is 13.2 Å². The van der Waals surface area contributed by atoms with Crippen molar-refractivity contribution >= 4 is 29.1 Å². The summed E-state index contributed by atoms with van der Waals surface area (Å²) in [5.74, 6) is -0.285. The Morgan fingerprint density at radius 1 is 1.16 bits per heavy atom. The van der Waals surface area contributed by atoms with Gasteiger partial charge in [0.25, 0.3) is 5.56 Å². The second-order valence-electron chi connectivity index (χ2n) is 6.61. The molecule has 0 aliphatic carbocycles. The molecule has 1 aromatic carbocycles. The summed E-state index contributed by atoms with van der Waals surface area (Å²) < 4.78 is 50.6. The van der Waals surface area contributed by atoms with E-state index in [0.717, 1.165) is 13.1 Å². The topological polar surface area (TPSA) is 82.8 Å². The molecule has 8 nitrogen and oxygen atoms in total. The van der Waals surface area contributed by atoms with Gasteiger partial charge in [0.2, 0.25) is 5.91 Å². The molecule has 0 saturated carbocycles. The number of benzene rings is 1. The Balaban J connectivity index is 2.53. The Labute approximate surface area is 190 Å². The Bertz CT molecular complexity index is 1190. The van der Waals surface area contributed by atoms with Gasteiger partial charge in [0.05, 0.1) is 22.8 Å². The van der Waals surface area contributed by atoms with Gasteiger partial charge in [-0.3, -0.25) is 14.2 Å². The Kier molecular flexibility index (Phi) is 7.68. The van der Waals surface area contributed by atoms with Gasteiger partial charge in [-0.05, 0) is 6.07 Å². The molecule has 32 heavy (non-hydrogen) atoms. The quantitative estimate of drug-likeness (QED) is 0.454. The average molecular weight is 496 g/mol. The van der Waals surface area contributed by atoms with E-state index >= 15 is 0 Å². The number of hydrogen-bond acceptors (Lipinski definition) is 5. The summed E-state index contributed by atoms with van der Waals surface area (Å²) in [5, 5.41) is -0.184. The zero-order valence-electron chi connectivity index (χ0n) is 17.3. The standard InChI is InChI=1S/C19H18Cl2F3N3O5/c1-25(2)16(28)5-10(31-4)9-32-14-7-13(11(20)6-12(14)21)27-17(29)8-15(19(22,23)24)26(3)18(27)30/h5-8H,9H2,1-4H3/b10-5-. The Morgan fingerprint density at radius 3 is 2.31 bits per heavy atom. The van der Waals surface area contributed by atoms with E-state index in [-0.39, 0.29) is 50.4 Å². The minimum absolute atomic E-state index is 0.00933. The SMILES string of the molecule is CO/C(=C\C(=O)N(C)C)COc1cc(-n2c(=O)cc(C(F)(F)F)n(C)c2=O)c(Cl)cc1Cl. The van der Waals surface area contributed by atoms with Crippen molar-refractivity contribution in [3.63, 3.8) is 0 Å². The number of carbonyl (C=O) groups is 1. The van der Waals surface area contributed by atoms with E-state index in [4.69, 9.17) is 32.7 Å². The molecule has 0 spiro atoms. The number of nitrogens with zero attached hydrogens (tertiary/aromatic N) is 3. The third-order valence-electron chi connectivity index (χ3n) is 4.21. The first-order chi connectivity index (χ1) is 14.8. The molecule has 1 amide bonds. The Morgan fingerprint density at radius 2 is 1.78 bits per heavy atom. The van der Waals surface area contributed by atoms with Gasteiger partial charge in [0.1, 0.15) is 23.8 Å². The van der Waals surface area contributed by atoms with Gasteiger partial charge in [0.15, 0.2) is 0 Å². The number of alkyl halides is 3. The number of aromatic nitrogens is 2. The summed E-state index contributed by atoms with van der Waals surface area (Å²) in [6.45, 7) is -0.253. The molecule has 0 unspecified atom stereocenters. The largest absolute Gasteiger partial charge is 0.497 e. The third-order valence-corrected chi connectivity index (χ3v) is 4.81. The fourth-order valence-corrected chi connectivity index (χ4v) is 3.02. The van der Waals surface area contributed by atoms with Gasteiger partial charge >= 0.3 is 11.9 Å². The van der Waals surface area contributed by atoms with E-state index in [9.17, 15) is 27.6 Å². The maximum absolute atomic E-state index is 13.1. The molecule has 0 saturated heterocycles. The summed E-state index contributed by atoms with van der Waals surface area (Å²) in [5.41, 5.74) is -4.16. The van der Waals surface area contributed by atoms with Crippen molar-refractivity contribution in [3.8, 4) is 11.4 Å². The molecular weight excluding hydrogens is 478 g/mol. The number of likely N-dealkylation sites (N-methyl/N-ethyl adjacent to an activating group) is 1. The summed E-state index contributed by atoms with van der Waals surface area (Å²) in [6.07, 6.45) is -3.72. The summed E-state index contributed by atoms with van der Waals surface area (Å²) in [6, 6.07) is 2.58. The lowest BCUT2D eigenvalue weighted by Crippen LogP contribution is -2.40. The van der Waals surface area contributed by atoms with Crippen LogP contribution in [0.15, 0.2) is 39.6 Å². The van der Waals surface area contributed by atoms with E-state index in [0.29, 0.717) is 4.57 Å². The highest BCUT2D eigenvalue weighted by Crippen LogP contribution is 2.33. The molecule has 13 heteroatoms. The van der Waals surface area contributed by atoms with Crippen molar-refractivity contribution in [1.82, 2.24) is 14.0 Å². The van der Waals surface area contributed by atoms with Crippen molar-refractivity contribution in [2.45, 2.75) is 6.18 Å². The van der Waals surface area contributed by atoms with Crippen LogP contribution in [0.2, 0.25) is 10.0 Å². The van der Waals surface area contributed by atoms with E-state index in [1.54, 1.807) is 0 Å². The molecule has 2 rings (SSSR count). The highest BCUT2D eigenvalue weighted by molar-refractivity contribution is 6.36. The molecule has 0 bridgehead atoms. The van der Waals surface area contributed by atoms with Crippen molar-refractivity contribution in [2.75, 3.05) is 27.8 Å². The van der Waals surface area contributed by atoms with E-state index in [2.05, 4.69) is 0 Å². The molecule has 1 heterocycles. The van der Waals surface area contributed by atoms with Gasteiger partial charge in [-0.15, -0.1) is 0 Å². The summed E-state index contributed by atoms with van der Waals surface area (Å²) >= 11 is 12.2. The smallest absolute Gasteiger partial charge is 0.431 e. The molecule has 0 fully saturated rings. The van der Waals surface area contributed by atoms with Crippen LogP contribution in [0.3, 0.4) is 0 Å². The number of ether oxygens (including phenoxy) is 2. The van der Waals surface area contributed by atoms with Crippen LogP contribution in [0.25, 0.3) is 5.69 Å². The molecule has 0 aliphatic heterocycles. The van der Waals surface area contributed by atoms with Gasteiger partial charge in [-0.1, -0.05) is 23.2 Å². The van der Waals surface area contributed by atoms with E-state index in [1.807, 2.05) is 0 Å². The first-order valence-corrected chi connectivity index (χ1v) is 9.51. The van der Waals surface area contributed by atoms with E-state index < -0.39 is 23.1 Å². The van der Waals surface area contributed by atoms with Crippen LogP contribution in [0.4, 0.5) is 13.2 Å². The van der Waals surface area contributed by atoms with E-state index in [1.165, 1.54) is 38.2 Å². The number of halogens is 5. The minimum atomic E-state index is -4.91. The lowest BCUT2D eigenvalue weighted by molar-refractivity contribution is -0.144. The fraction of sp³-hybridized carbons (Fsp3) is 0.316. The second-order valence-corrected chi connectivity index (χ2v) is 7.43. The number of rotatable bonds is 6. The second kappa shape index (κ2) is 9.70. The molecule has 0 aliphatic rings. The van der Waals surface area contributed by atoms with Crippen molar-refractivity contribution < 1.29 is 27.4 Å². The predicted molar refractivity (Wildman–Crippen MR) is 112 cm³/mol. The summed E-state index contributed by atoms with van der Waals surface area (Å²) in [7, 11) is 5.27. The predicted octanol–water partition coefficient (Wildman–Crippen LogP) is 2.86. The minimum Gasteiger partial charge on any atom is -0.497 e. The summed E-state index contributed by atoms with van der Waals surface area (Å²) in [4.78, 5) is 38.0. The fourth-order valence-electron chi connectivity index (χ4n) is 2.49. The molecule has 2 aromatic rings. The van der Waals surface area contributed by atoms with Crippen LogP contribution in [0, 0.1) is 0 Å². The third kappa shape index (κ3) is 5.46. The number of carbonyl (C=O) groups excluding carboxylic acids is 1. The lowest BCUT2D eigenvalue weighted by atomic mass is 10.2. The van der Waals surface area contributed by atoms with Crippen LogP contribution in [-0.2, 0) is 22.8 Å². The first kappa shape index (κ1) is 25.3. The Hall–Kier alpha value is -2.92. The van der Waals surface area contributed by atoms with Crippen LogP contribution >= 0.6 is 23.2 Å². The van der Waals surface area contributed by atoms with Crippen molar-refractivity contribution in [2.24, 2.45) is 7.05 Å². The highest BCUT2D eigenvalue weighted by atomic mass is 35.5. The first-order valence-electron chi connectivity index (χ1n) is 8.76. The van der Waals surface area contributed by atoms with Gasteiger partial charge < -0.3 is 14.4 Å². The maximum atomic E-state index is 13.1. The average Bonchev–Trinajstić information content (AvgIpc) is 2.69. The van der Waals surface area contributed by atoms with Crippen LogP contribution < -0.4 is 16.0 Å². The van der Waals surface area contributed by atoms with Crippen LogP contribution in [0.1, 0.15) is 5.69 Å². The van der Waals surface area contributed by atoms with Crippen LogP contribution in [-0.4, -0.2) is 47.8 Å². The number of hydrogen-bond donors (Lipinski definition) is 0.